The molecule has 2 aliphatic heterocycles. The van der Waals surface area contributed by atoms with Gasteiger partial charge in [0.1, 0.15) is 29.3 Å². The number of halogens is 3. The first-order chi connectivity index (χ1) is 14.7. The number of likely N-dealkylation sites (tertiary alicyclic amines) is 1. The maximum Gasteiger partial charge on any atom is 0.490 e. The molecule has 3 atom stereocenters. The summed E-state index contributed by atoms with van der Waals surface area (Å²) < 4.78 is 48.8. The largest absolute Gasteiger partial charge is 0.490 e. The summed E-state index contributed by atoms with van der Waals surface area (Å²) in [5.41, 5.74) is 0.501. The van der Waals surface area contributed by atoms with Crippen molar-refractivity contribution in [2.24, 2.45) is 0 Å². The first-order valence-electron chi connectivity index (χ1n) is 9.39. The summed E-state index contributed by atoms with van der Waals surface area (Å²) in [6, 6.07) is 3.70. The van der Waals surface area contributed by atoms with Gasteiger partial charge in [-0.1, -0.05) is 5.16 Å². The lowest BCUT2D eigenvalue weighted by atomic mass is 10.0. The van der Waals surface area contributed by atoms with Gasteiger partial charge in [-0.15, -0.1) is 0 Å². The summed E-state index contributed by atoms with van der Waals surface area (Å²) in [6.45, 7) is 2.92. The summed E-state index contributed by atoms with van der Waals surface area (Å²) in [7, 11) is 0. The second kappa shape index (κ2) is 9.33. The van der Waals surface area contributed by atoms with E-state index in [1.807, 2.05) is 17.0 Å². The molecule has 2 saturated heterocycles. The van der Waals surface area contributed by atoms with Gasteiger partial charge in [-0.2, -0.15) is 13.2 Å². The predicted molar refractivity (Wildman–Crippen MR) is 97.4 cm³/mol. The number of carbonyl (C=O) groups is 2. The summed E-state index contributed by atoms with van der Waals surface area (Å²) in [6.07, 6.45) is 1.29. The number of ether oxygens (including phenoxy) is 2. The van der Waals surface area contributed by atoms with Crippen LogP contribution in [0, 0.1) is 6.92 Å². The highest BCUT2D eigenvalue weighted by Gasteiger charge is 2.48. The van der Waals surface area contributed by atoms with Gasteiger partial charge in [0.15, 0.2) is 0 Å². The number of carboxylic acid groups (broad SMARTS) is 1. The molecule has 9 nitrogen and oxygen atoms in total. The molecule has 31 heavy (non-hydrogen) atoms. The van der Waals surface area contributed by atoms with E-state index in [1.165, 1.54) is 6.20 Å². The van der Waals surface area contributed by atoms with Gasteiger partial charge in [-0.3, -0.25) is 9.78 Å². The number of aliphatic carboxylic acids is 1. The van der Waals surface area contributed by atoms with Crippen LogP contribution in [-0.2, 0) is 9.53 Å². The standard InChI is InChI=1S/C17H19N3O4.C2HF3O2/c1-11-13(9-19-24-11)17(21)20-10-15(16-14(20)5-3-7-22-16)23-12-4-2-6-18-8-12;3-2(4,5)1(6)7/h2,4,6,8-9,14-16H,3,5,7,10H2,1H3;(H,6,7)/t14-,15-,16+;/m1./s1. The SMILES string of the molecule is Cc1oncc1C(=O)N1C[C@@H](Oc2cccnc2)[C@H]2OCCC[C@H]21.O=C(O)C(F)(F)F. The van der Waals surface area contributed by atoms with E-state index in [0.29, 0.717) is 30.2 Å². The van der Waals surface area contributed by atoms with Gasteiger partial charge >= 0.3 is 12.1 Å². The fraction of sp³-hybridized carbons (Fsp3) is 0.474. The van der Waals surface area contributed by atoms with Crippen molar-refractivity contribution >= 4 is 11.9 Å². The van der Waals surface area contributed by atoms with Gasteiger partial charge in [0, 0.05) is 12.8 Å². The average molecular weight is 443 g/mol. The Morgan fingerprint density at radius 1 is 1.32 bits per heavy atom. The van der Waals surface area contributed by atoms with Crippen molar-refractivity contribution in [1.82, 2.24) is 15.0 Å². The molecule has 2 aliphatic rings. The molecule has 4 rings (SSSR count). The van der Waals surface area contributed by atoms with Gasteiger partial charge in [-0.25, -0.2) is 4.79 Å². The number of aryl methyl sites for hydroxylation is 1. The third-order valence-corrected chi connectivity index (χ3v) is 4.88. The molecule has 12 heteroatoms. The minimum Gasteiger partial charge on any atom is -0.484 e. The first-order valence-corrected chi connectivity index (χ1v) is 9.39. The smallest absolute Gasteiger partial charge is 0.484 e. The molecule has 0 unspecified atom stereocenters. The van der Waals surface area contributed by atoms with Crippen molar-refractivity contribution in [3.05, 3.63) is 42.0 Å². The highest BCUT2D eigenvalue weighted by atomic mass is 19.4. The number of amides is 1. The molecule has 0 saturated carbocycles. The molecular formula is C19H20F3N3O6. The monoisotopic (exact) mass is 443 g/mol. The maximum atomic E-state index is 12.9. The van der Waals surface area contributed by atoms with Crippen LogP contribution in [0.25, 0.3) is 0 Å². The molecule has 2 aromatic heterocycles. The second-order valence-corrected chi connectivity index (χ2v) is 6.95. The molecule has 168 valence electrons. The van der Waals surface area contributed by atoms with Crippen molar-refractivity contribution in [3.8, 4) is 5.75 Å². The van der Waals surface area contributed by atoms with Crippen LogP contribution in [0.4, 0.5) is 13.2 Å². The van der Waals surface area contributed by atoms with Crippen molar-refractivity contribution in [2.75, 3.05) is 13.2 Å². The lowest BCUT2D eigenvalue weighted by molar-refractivity contribution is -0.192. The normalized spacial score (nSPS) is 22.8. The zero-order valence-corrected chi connectivity index (χ0v) is 16.4. The summed E-state index contributed by atoms with van der Waals surface area (Å²) in [5, 5.41) is 10.8. The van der Waals surface area contributed by atoms with E-state index in [9.17, 15) is 18.0 Å². The zero-order valence-electron chi connectivity index (χ0n) is 16.4. The Morgan fingerprint density at radius 3 is 2.65 bits per heavy atom. The van der Waals surface area contributed by atoms with Gasteiger partial charge in [0.2, 0.25) is 0 Å². The van der Waals surface area contributed by atoms with E-state index < -0.39 is 12.1 Å². The molecule has 1 N–H and O–H groups in total. The van der Waals surface area contributed by atoms with Crippen LogP contribution in [-0.4, -0.2) is 69.6 Å². The Kier molecular flexibility index (Phi) is 6.78. The maximum absolute atomic E-state index is 12.9. The summed E-state index contributed by atoms with van der Waals surface area (Å²) in [4.78, 5) is 27.7. The Morgan fingerprint density at radius 2 is 2.06 bits per heavy atom. The van der Waals surface area contributed by atoms with Crippen molar-refractivity contribution in [1.29, 1.82) is 0 Å². The molecular weight excluding hydrogens is 423 g/mol. The van der Waals surface area contributed by atoms with Crippen molar-refractivity contribution in [3.63, 3.8) is 0 Å². The molecule has 0 aliphatic carbocycles. The summed E-state index contributed by atoms with van der Waals surface area (Å²) in [5.74, 6) is -1.62. The number of carbonyl (C=O) groups excluding carboxylic acids is 1. The van der Waals surface area contributed by atoms with Crippen molar-refractivity contribution in [2.45, 2.75) is 44.2 Å². The van der Waals surface area contributed by atoms with Crippen LogP contribution in [0.3, 0.4) is 0 Å². The number of alkyl halides is 3. The Balaban J connectivity index is 0.000000339. The Labute approximate surface area is 174 Å². The molecule has 0 spiro atoms. The van der Waals surface area contributed by atoms with Crippen LogP contribution in [0.1, 0.15) is 29.0 Å². The molecule has 4 heterocycles. The molecule has 0 radical (unpaired) electrons. The van der Waals surface area contributed by atoms with Crippen LogP contribution < -0.4 is 4.74 Å². The van der Waals surface area contributed by atoms with Gasteiger partial charge < -0.3 is 24.0 Å². The molecule has 0 bridgehead atoms. The lowest BCUT2D eigenvalue weighted by Gasteiger charge is -2.31. The minimum absolute atomic E-state index is 0.0159. The van der Waals surface area contributed by atoms with Gasteiger partial charge in [0.25, 0.3) is 5.91 Å². The second-order valence-electron chi connectivity index (χ2n) is 6.95. The Bertz CT molecular complexity index is 905. The van der Waals surface area contributed by atoms with Gasteiger partial charge in [0.05, 0.1) is 25.0 Å². The quantitative estimate of drug-likeness (QED) is 0.770. The van der Waals surface area contributed by atoms with Gasteiger partial charge in [-0.05, 0) is 31.9 Å². The average Bonchev–Trinajstić information content (AvgIpc) is 3.32. The van der Waals surface area contributed by atoms with Crippen LogP contribution >= 0.6 is 0 Å². The molecule has 1 amide bonds. The van der Waals surface area contributed by atoms with Crippen molar-refractivity contribution < 1.29 is 41.9 Å². The number of fused-ring (bicyclic) bond motifs is 1. The van der Waals surface area contributed by atoms with E-state index in [2.05, 4.69) is 10.1 Å². The van der Waals surface area contributed by atoms with E-state index in [4.69, 9.17) is 23.9 Å². The van der Waals surface area contributed by atoms with E-state index in [1.54, 1.807) is 19.3 Å². The molecule has 2 fully saturated rings. The number of hydrogen-bond donors (Lipinski definition) is 1. The third kappa shape index (κ3) is 5.32. The highest BCUT2D eigenvalue weighted by Crippen LogP contribution is 2.32. The number of hydrogen-bond acceptors (Lipinski definition) is 7. The fourth-order valence-corrected chi connectivity index (χ4v) is 3.50. The number of carboxylic acids is 1. The minimum atomic E-state index is -5.08. The predicted octanol–water partition coefficient (Wildman–Crippen LogP) is 2.46. The van der Waals surface area contributed by atoms with Crippen LogP contribution in [0.15, 0.2) is 35.2 Å². The number of pyridine rings is 1. The van der Waals surface area contributed by atoms with E-state index in [-0.39, 0.29) is 24.2 Å². The van der Waals surface area contributed by atoms with Crippen LogP contribution in [0.5, 0.6) is 5.75 Å². The highest BCUT2D eigenvalue weighted by molar-refractivity contribution is 5.95. The molecule has 0 aromatic carbocycles. The van der Waals surface area contributed by atoms with E-state index >= 15 is 0 Å². The number of rotatable bonds is 3. The lowest BCUT2D eigenvalue weighted by Crippen LogP contribution is -2.44. The summed E-state index contributed by atoms with van der Waals surface area (Å²) >= 11 is 0. The first kappa shape index (κ1) is 22.5. The topological polar surface area (TPSA) is 115 Å². The van der Waals surface area contributed by atoms with E-state index in [0.717, 1.165) is 12.8 Å². The number of nitrogens with zero attached hydrogens (tertiary/aromatic N) is 3. The molecule has 2 aromatic rings. The Hall–Kier alpha value is -3.15. The fourth-order valence-electron chi connectivity index (χ4n) is 3.50. The third-order valence-electron chi connectivity index (χ3n) is 4.88. The number of aromatic nitrogens is 2. The zero-order chi connectivity index (χ0) is 22.6. The van der Waals surface area contributed by atoms with Crippen LogP contribution in [0.2, 0.25) is 0 Å².